The molecule has 0 aliphatic heterocycles. The van der Waals surface area contributed by atoms with Crippen LogP contribution in [0.5, 0.6) is 0 Å². The molecule has 0 radical (unpaired) electrons. The minimum Gasteiger partial charge on any atom is -0.0622 e. The summed E-state index contributed by atoms with van der Waals surface area (Å²) in [6.07, 6.45) is 0.947. The zero-order chi connectivity index (χ0) is 19.5. The Morgan fingerprint density at radius 1 is 0.571 bits per heavy atom. The lowest BCUT2D eigenvalue weighted by atomic mass is 9.86. The molecule has 0 N–H and O–H groups in total. The summed E-state index contributed by atoms with van der Waals surface area (Å²) in [5.41, 5.74) is 12.1. The first kappa shape index (κ1) is 18.3. The maximum Gasteiger partial charge on any atom is -0.00141 e. The average molecular weight is 363 g/mol. The zero-order valence-electron chi connectivity index (χ0n) is 16.9. The van der Waals surface area contributed by atoms with Gasteiger partial charge in [-0.05, 0) is 71.7 Å². The molecule has 0 aliphatic rings. The van der Waals surface area contributed by atoms with Crippen LogP contribution in [-0.4, -0.2) is 0 Å². The van der Waals surface area contributed by atoms with Gasteiger partial charge in [-0.15, -0.1) is 0 Å². The van der Waals surface area contributed by atoms with Gasteiger partial charge in [0.05, 0.1) is 0 Å². The molecule has 0 heteroatoms. The van der Waals surface area contributed by atoms with E-state index < -0.39 is 0 Å². The van der Waals surface area contributed by atoms with Crippen LogP contribution < -0.4 is 0 Å². The van der Waals surface area contributed by atoms with Crippen molar-refractivity contribution in [3.8, 4) is 22.3 Å². The number of hydrogen-bond acceptors (Lipinski definition) is 0. The molecule has 0 aromatic heterocycles. The number of aryl methyl sites for hydroxylation is 3. The molecule has 0 bridgehead atoms. The summed E-state index contributed by atoms with van der Waals surface area (Å²) >= 11 is 0. The molecule has 0 saturated heterocycles. The quantitative estimate of drug-likeness (QED) is 0.352. The van der Waals surface area contributed by atoms with Gasteiger partial charge in [0.2, 0.25) is 0 Å². The molecule has 0 aliphatic carbocycles. The van der Waals surface area contributed by atoms with Gasteiger partial charge < -0.3 is 0 Å². The standard InChI is InChI=1S/C28H26/c1-20-17-21(2)27(22(3)18-20)19-25-15-10-16-26(23-11-6-4-7-12-23)28(25)24-13-8-5-9-14-24/h4-18H,19H2,1-3H3. The Morgan fingerprint density at radius 2 is 1.14 bits per heavy atom. The van der Waals surface area contributed by atoms with Crippen LogP contribution in [0, 0.1) is 20.8 Å². The number of rotatable bonds is 4. The summed E-state index contributed by atoms with van der Waals surface area (Å²) in [4.78, 5) is 0. The van der Waals surface area contributed by atoms with Gasteiger partial charge in [0, 0.05) is 0 Å². The van der Waals surface area contributed by atoms with Gasteiger partial charge in [-0.25, -0.2) is 0 Å². The van der Waals surface area contributed by atoms with E-state index in [1.807, 2.05) is 0 Å². The number of benzene rings is 4. The van der Waals surface area contributed by atoms with Gasteiger partial charge in [0.1, 0.15) is 0 Å². The molecule has 0 fully saturated rings. The smallest absolute Gasteiger partial charge is 0.00141 e. The average Bonchev–Trinajstić information content (AvgIpc) is 2.72. The van der Waals surface area contributed by atoms with E-state index in [0.717, 1.165) is 6.42 Å². The van der Waals surface area contributed by atoms with Gasteiger partial charge >= 0.3 is 0 Å². The molecule has 0 amide bonds. The van der Waals surface area contributed by atoms with Crippen molar-refractivity contribution in [2.45, 2.75) is 27.2 Å². The van der Waals surface area contributed by atoms with Crippen molar-refractivity contribution in [3.05, 3.63) is 119 Å². The highest BCUT2D eigenvalue weighted by molar-refractivity contribution is 5.86. The molecular weight excluding hydrogens is 336 g/mol. The maximum atomic E-state index is 2.30. The van der Waals surface area contributed by atoms with Crippen molar-refractivity contribution < 1.29 is 0 Å². The highest BCUT2D eigenvalue weighted by atomic mass is 14.2. The first-order chi connectivity index (χ1) is 13.6. The molecule has 138 valence electrons. The van der Waals surface area contributed by atoms with Crippen LogP contribution >= 0.6 is 0 Å². The highest BCUT2D eigenvalue weighted by Gasteiger charge is 2.14. The molecule has 0 nitrogen and oxygen atoms in total. The van der Waals surface area contributed by atoms with Crippen LogP contribution in [0.3, 0.4) is 0 Å². The van der Waals surface area contributed by atoms with Crippen LogP contribution in [-0.2, 0) is 6.42 Å². The van der Waals surface area contributed by atoms with E-state index in [0.29, 0.717) is 0 Å². The van der Waals surface area contributed by atoms with Gasteiger partial charge in [0.25, 0.3) is 0 Å². The molecule has 4 aromatic rings. The Hall–Kier alpha value is -3.12. The second-order valence-corrected chi connectivity index (χ2v) is 7.63. The fraction of sp³-hybridized carbons (Fsp3) is 0.143. The van der Waals surface area contributed by atoms with E-state index in [9.17, 15) is 0 Å². The molecule has 4 rings (SSSR count). The minimum absolute atomic E-state index is 0.947. The summed E-state index contributed by atoms with van der Waals surface area (Å²) in [7, 11) is 0. The molecular formula is C28H26. The molecule has 0 heterocycles. The molecule has 0 spiro atoms. The third kappa shape index (κ3) is 3.64. The minimum atomic E-state index is 0.947. The van der Waals surface area contributed by atoms with Crippen molar-refractivity contribution in [1.29, 1.82) is 0 Å². The van der Waals surface area contributed by atoms with Crippen molar-refractivity contribution in [2.75, 3.05) is 0 Å². The third-order valence-corrected chi connectivity index (χ3v) is 5.51. The van der Waals surface area contributed by atoms with Crippen molar-refractivity contribution in [2.24, 2.45) is 0 Å². The monoisotopic (exact) mass is 362 g/mol. The Balaban J connectivity index is 1.91. The SMILES string of the molecule is Cc1cc(C)c(Cc2cccc(-c3ccccc3)c2-c2ccccc2)c(C)c1. The van der Waals surface area contributed by atoms with Gasteiger partial charge in [0.15, 0.2) is 0 Å². The van der Waals surface area contributed by atoms with Gasteiger partial charge in [-0.3, -0.25) is 0 Å². The predicted molar refractivity (Wildman–Crippen MR) is 121 cm³/mol. The molecule has 4 aromatic carbocycles. The van der Waals surface area contributed by atoms with E-state index in [1.165, 1.54) is 50.1 Å². The lowest BCUT2D eigenvalue weighted by molar-refractivity contribution is 1.11. The summed E-state index contributed by atoms with van der Waals surface area (Å²) in [5, 5.41) is 0. The maximum absolute atomic E-state index is 2.30. The fourth-order valence-electron chi connectivity index (χ4n) is 4.23. The lowest BCUT2D eigenvalue weighted by Crippen LogP contribution is -2.00. The Bertz CT molecular complexity index is 1070. The van der Waals surface area contributed by atoms with Crippen LogP contribution in [0.25, 0.3) is 22.3 Å². The summed E-state index contributed by atoms with van der Waals surface area (Å²) in [6, 6.07) is 32.8. The van der Waals surface area contributed by atoms with Gasteiger partial charge in [-0.2, -0.15) is 0 Å². The van der Waals surface area contributed by atoms with Crippen molar-refractivity contribution in [3.63, 3.8) is 0 Å². The molecule has 28 heavy (non-hydrogen) atoms. The van der Waals surface area contributed by atoms with Crippen molar-refractivity contribution >= 4 is 0 Å². The normalized spacial score (nSPS) is 10.8. The van der Waals surface area contributed by atoms with E-state index in [-0.39, 0.29) is 0 Å². The fourth-order valence-corrected chi connectivity index (χ4v) is 4.23. The topological polar surface area (TPSA) is 0 Å². The van der Waals surface area contributed by atoms with E-state index >= 15 is 0 Å². The van der Waals surface area contributed by atoms with E-state index in [1.54, 1.807) is 0 Å². The zero-order valence-corrected chi connectivity index (χ0v) is 16.9. The van der Waals surface area contributed by atoms with Gasteiger partial charge in [-0.1, -0.05) is 96.6 Å². The highest BCUT2D eigenvalue weighted by Crippen LogP contribution is 2.36. The van der Waals surface area contributed by atoms with Crippen LogP contribution in [0.2, 0.25) is 0 Å². The summed E-state index contributed by atoms with van der Waals surface area (Å²) in [5.74, 6) is 0. The van der Waals surface area contributed by atoms with Crippen LogP contribution in [0.15, 0.2) is 91.0 Å². The van der Waals surface area contributed by atoms with E-state index in [2.05, 4.69) is 112 Å². The number of hydrogen-bond donors (Lipinski definition) is 0. The summed E-state index contributed by atoms with van der Waals surface area (Å²) < 4.78 is 0. The molecule has 0 unspecified atom stereocenters. The first-order valence-corrected chi connectivity index (χ1v) is 9.93. The van der Waals surface area contributed by atoms with Crippen molar-refractivity contribution in [1.82, 2.24) is 0 Å². The molecule has 0 saturated carbocycles. The lowest BCUT2D eigenvalue weighted by Gasteiger charge is -2.18. The van der Waals surface area contributed by atoms with E-state index in [4.69, 9.17) is 0 Å². The first-order valence-electron chi connectivity index (χ1n) is 9.93. The Kier molecular flexibility index (Phi) is 5.12. The summed E-state index contributed by atoms with van der Waals surface area (Å²) in [6.45, 7) is 6.65. The third-order valence-electron chi connectivity index (χ3n) is 5.51. The second kappa shape index (κ2) is 7.86. The Morgan fingerprint density at radius 3 is 1.75 bits per heavy atom. The molecule has 0 atom stereocenters. The van der Waals surface area contributed by atoms with Crippen LogP contribution in [0.4, 0.5) is 0 Å². The van der Waals surface area contributed by atoms with Crippen LogP contribution in [0.1, 0.15) is 27.8 Å². The Labute approximate surface area is 168 Å². The predicted octanol–water partition coefficient (Wildman–Crippen LogP) is 7.54. The largest absolute Gasteiger partial charge is 0.0622 e. The second-order valence-electron chi connectivity index (χ2n) is 7.63.